The van der Waals surface area contributed by atoms with Gasteiger partial charge in [-0.15, -0.1) is 11.3 Å². The summed E-state index contributed by atoms with van der Waals surface area (Å²) in [4.78, 5) is 30.4. The van der Waals surface area contributed by atoms with Gasteiger partial charge in [0.15, 0.2) is 5.13 Å². The number of rotatable bonds is 4. The zero-order valence-corrected chi connectivity index (χ0v) is 10.9. The number of carbonyl (C=O) groups excluding carboxylic acids is 1. The van der Waals surface area contributed by atoms with Gasteiger partial charge in [0, 0.05) is 17.8 Å². The number of anilines is 1. The second kappa shape index (κ2) is 5.57. The largest absolute Gasteiger partial charge is 0.481 e. The second-order valence-corrected chi connectivity index (χ2v) is 4.78. The van der Waals surface area contributed by atoms with E-state index in [1.165, 1.54) is 17.5 Å². The SMILES string of the molecule is Cc1cncc(C(=O)Nc2nc(CC(=O)O)cs2)c1. The van der Waals surface area contributed by atoms with Crippen molar-refractivity contribution in [3.8, 4) is 0 Å². The second-order valence-electron chi connectivity index (χ2n) is 3.92. The number of nitrogens with zero attached hydrogens (tertiary/aromatic N) is 2. The van der Waals surface area contributed by atoms with Crippen molar-refractivity contribution in [2.24, 2.45) is 0 Å². The molecule has 98 valence electrons. The van der Waals surface area contributed by atoms with E-state index in [0.29, 0.717) is 16.4 Å². The van der Waals surface area contributed by atoms with Crippen LogP contribution in [-0.4, -0.2) is 27.0 Å². The number of thiazole rings is 1. The van der Waals surface area contributed by atoms with Crippen molar-refractivity contribution in [2.45, 2.75) is 13.3 Å². The van der Waals surface area contributed by atoms with Crippen LogP contribution in [0.25, 0.3) is 0 Å². The predicted octanol–water partition coefficient (Wildman–Crippen LogP) is 1.73. The lowest BCUT2D eigenvalue weighted by Crippen LogP contribution is -2.12. The number of hydrogen-bond donors (Lipinski definition) is 2. The highest BCUT2D eigenvalue weighted by molar-refractivity contribution is 7.14. The monoisotopic (exact) mass is 277 g/mol. The van der Waals surface area contributed by atoms with Gasteiger partial charge in [0.25, 0.3) is 5.91 Å². The van der Waals surface area contributed by atoms with Crippen molar-refractivity contribution in [3.05, 3.63) is 40.7 Å². The number of carboxylic acids is 1. The standard InChI is InChI=1S/C12H11N3O3S/c1-7-2-8(5-13-4-7)11(18)15-12-14-9(6-19-12)3-10(16)17/h2,4-6H,3H2,1H3,(H,16,17)(H,14,15,18). The van der Waals surface area contributed by atoms with E-state index in [1.54, 1.807) is 17.6 Å². The van der Waals surface area contributed by atoms with Crippen LogP contribution in [0.2, 0.25) is 0 Å². The molecule has 0 atom stereocenters. The Balaban J connectivity index is 2.06. The van der Waals surface area contributed by atoms with Gasteiger partial charge >= 0.3 is 5.97 Å². The Kier molecular flexibility index (Phi) is 3.86. The zero-order chi connectivity index (χ0) is 13.8. The molecule has 0 unspecified atom stereocenters. The first-order valence-corrected chi connectivity index (χ1v) is 6.32. The Morgan fingerprint density at radius 2 is 2.21 bits per heavy atom. The number of aliphatic carboxylic acids is 1. The number of carbonyl (C=O) groups is 2. The van der Waals surface area contributed by atoms with Crippen molar-refractivity contribution in [1.29, 1.82) is 0 Å². The molecule has 19 heavy (non-hydrogen) atoms. The molecule has 0 saturated heterocycles. The maximum atomic E-state index is 11.9. The molecule has 2 N–H and O–H groups in total. The van der Waals surface area contributed by atoms with Crippen LogP contribution in [0.4, 0.5) is 5.13 Å². The molecule has 6 nitrogen and oxygen atoms in total. The summed E-state index contributed by atoms with van der Waals surface area (Å²) in [7, 11) is 0. The van der Waals surface area contributed by atoms with Crippen LogP contribution in [0, 0.1) is 6.92 Å². The predicted molar refractivity (Wildman–Crippen MR) is 70.4 cm³/mol. The molecule has 0 radical (unpaired) electrons. The van der Waals surface area contributed by atoms with E-state index in [1.807, 2.05) is 6.92 Å². The molecule has 2 rings (SSSR count). The van der Waals surface area contributed by atoms with E-state index in [0.717, 1.165) is 5.56 Å². The van der Waals surface area contributed by atoms with Crippen LogP contribution >= 0.6 is 11.3 Å². The smallest absolute Gasteiger partial charge is 0.309 e. The van der Waals surface area contributed by atoms with Gasteiger partial charge in [0.05, 0.1) is 17.7 Å². The van der Waals surface area contributed by atoms with Gasteiger partial charge in [-0.25, -0.2) is 4.98 Å². The fourth-order valence-corrected chi connectivity index (χ4v) is 2.15. The maximum absolute atomic E-state index is 11.9. The van der Waals surface area contributed by atoms with Gasteiger partial charge in [-0.2, -0.15) is 0 Å². The summed E-state index contributed by atoms with van der Waals surface area (Å²) < 4.78 is 0. The summed E-state index contributed by atoms with van der Waals surface area (Å²) in [5.74, 6) is -1.27. The molecular weight excluding hydrogens is 266 g/mol. The van der Waals surface area contributed by atoms with Crippen LogP contribution in [0.1, 0.15) is 21.6 Å². The van der Waals surface area contributed by atoms with E-state index in [2.05, 4.69) is 15.3 Å². The molecule has 0 saturated carbocycles. The first kappa shape index (κ1) is 13.2. The lowest BCUT2D eigenvalue weighted by molar-refractivity contribution is -0.136. The third-order valence-corrected chi connectivity index (χ3v) is 3.05. The fraction of sp³-hybridized carbons (Fsp3) is 0.167. The van der Waals surface area contributed by atoms with Crippen LogP contribution < -0.4 is 5.32 Å². The van der Waals surface area contributed by atoms with E-state index < -0.39 is 5.97 Å². The van der Waals surface area contributed by atoms with Crippen LogP contribution in [0.15, 0.2) is 23.8 Å². The van der Waals surface area contributed by atoms with Gasteiger partial charge in [-0.1, -0.05) is 0 Å². The Morgan fingerprint density at radius 1 is 1.42 bits per heavy atom. The van der Waals surface area contributed by atoms with Crippen LogP contribution in [-0.2, 0) is 11.2 Å². The Bertz CT molecular complexity index is 624. The lowest BCUT2D eigenvalue weighted by Gasteiger charge is -2.01. The number of carboxylic acid groups (broad SMARTS) is 1. The molecule has 0 fully saturated rings. The van der Waals surface area contributed by atoms with Crippen molar-refractivity contribution in [2.75, 3.05) is 5.32 Å². The van der Waals surface area contributed by atoms with Gasteiger partial charge in [0.2, 0.25) is 0 Å². The minimum atomic E-state index is -0.953. The quantitative estimate of drug-likeness (QED) is 0.887. The van der Waals surface area contributed by atoms with Crippen LogP contribution in [0.3, 0.4) is 0 Å². The van der Waals surface area contributed by atoms with E-state index in [-0.39, 0.29) is 12.3 Å². The molecule has 0 aliphatic rings. The summed E-state index contributed by atoms with van der Waals surface area (Å²) in [5.41, 5.74) is 1.75. The first-order chi connectivity index (χ1) is 9.04. The zero-order valence-electron chi connectivity index (χ0n) is 10.1. The molecule has 0 aliphatic carbocycles. The topological polar surface area (TPSA) is 92.2 Å². The highest BCUT2D eigenvalue weighted by atomic mass is 32.1. The van der Waals surface area contributed by atoms with E-state index >= 15 is 0 Å². The first-order valence-electron chi connectivity index (χ1n) is 5.44. The van der Waals surface area contributed by atoms with Gasteiger partial charge in [0.1, 0.15) is 0 Å². The average Bonchev–Trinajstić information content (AvgIpc) is 2.75. The van der Waals surface area contributed by atoms with Crippen molar-refractivity contribution < 1.29 is 14.7 Å². The summed E-state index contributed by atoms with van der Waals surface area (Å²) in [6.07, 6.45) is 2.97. The lowest BCUT2D eigenvalue weighted by atomic mass is 10.2. The molecule has 2 heterocycles. The van der Waals surface area contributed by atoms with E-state index in [9.17, 15) is 9.59 Å². The molecule has 2 aromatic rings. The summed E-state index contributed by atoms with van der Waals surface area (Å²) in [6.45, 7) is 1.85. The number of nitrogens with one attached hydrogen (secondary N) is 1. The van der Waals surface area contributed by atoms with Crippen molar-refractivity contribution in [1.82, 2.24) is 9.97 Å². The maximum Gasteiger partial charge on any atom is 0.309 e. The van der Waals surface area contributed by atoms with Crippen LogP contribution in [0.5, 0.6) is 0 Å². The Morgan fingerprint density at radius 3 is 2.89 bits per heavy atom. The molecule has 7 heteroatoms. The minimum Gasteiger partial charge on any atom is -0.481 e. The molecule has 0 aliphatic heterocycles. The third-order valence-electron chi connectivity index (χ3n) is 2.24. The summed E-state index contributed by atoms with van der Waals surface area (Å²) in [6, 6.07) is 1.72. The van der Waals surface area contributed by atoms with Gasteiger partial charge < -0.3 is 5.11 Å². The summed E-state index contributed by atoms with van der Waals surface area (Å²) >= 11 is 1.19. The number of aryl methyl sites for hydroxylation is 1. The fourth-order valence-electron chi connectivity index (χ4n) is 1.45. The van der Waals surface area contributed by atoms with Gasteiger partial charge in [-0.05, 0) is 18.6 Å². The van der Waals surface area contributed by atoms with Crippen molar-refractivity contribution >= 4 is 28.3 Å². The number of pyridine rings is 1. The molecule has 0 spiro atoms. The van der Waals surface area contributed by atoms with E-state index in [4.69, 9.17) is 5.11 Å². The number of amides is 1. The number of aromatic nitrogens is 2. The molecule has 0 aromatic carbocycles. The third kappa shape index (κ3) is 3.59. The molecule has 1 amide bonds. The van der Waals surface area contributed by atoms with Gasteiger partial charge in [-0.3, -0.25) is 19.9 Å². The highest BCUT2D eigenvalue weighted by Gasteiger charge is 2.11. The molecule has 0 bridgehead atoms. The minimum absolute atomic E-state index is 0.154. The molecular formula is C12H11N3O3S. The average molecular weight is 277 g/mol. The molecule has 2 aromatic heterocycles. The summed E-state index contributed by atoms with van der Waals surface area (Å²) in [5, 5.41) is 13.2. The Hall–Kier alpha value is -2.28. The van der Waals surface area contributed by atoms with Crippen molar-refractivity contribution in [3.63, 3.8) is 0 Å². The highest BCUT2D eigenvalue weighted by Crippen LogP contribution is 2.17. The normalized spacial score (nSPS) is 10.2. The number of hydrogen-bond acceptors (Lipinski definition) is 5. The Labute approximate surface area is 113 Å².